The first-order chi connectivity index (χ1) is 8.71. The van der Waals surface area contributed by atoms with E-state index in [-0.39, 0.29) is 17.2 Å². The highest BCUT2D eigenvalue weighted by atomic mass is 79.9. The number of carboxylic acid groups (broad SMARTS) is 1. The number of rotatable bonds is 6. The van der Waals surface area contributed by atoms with Gasteiger partial charge in [0.1, 0.15) is 0 Å². The van der Waals surface area contributed by atoms with E-state index in [1.165, 1.54) is 18.2 Å². The summed E-state index contributed by atoms with van der Waals surface area (Å²) in [5.41, 5.74) is 0.181. The lowest BCUT2D eigenvalue weighted by atomic mass is 10.2. The molecule has 0 heterocycles. The van der Waals surface area contributed by atoms with Gasteiger partial charge in [0, 0.05) is 11.0 Å². The van der Waals surface area contributed by atoms with Crippen molar-refractivity contribution in [2.75, 3.05) is 11.3 Å². The van der Waals surface area contributed by atoms with Gasteiger partial charge in [0.25, 0.3) is 10.2 Å². The van der Waals surface area contributed by atoms with Crippen LogP contribution in [0.25, 0.3) is 0 Å². The van der Waals surface area contributed by atoms with Gasteiger partial charge in [-0.25, -0.2) is 4.79 Å². The van der Waals surface area contributed by atoms with Crippen LogP contribution in [0.15, 0.2) is 22.7 Å². The Morgan fingerprint density at radius 1 is 1.42 bits per heavy atom. The van der Waals surface area contributed by atoms with Gasteiger partial charge < -0.3 is 5.11 Å². The Kier molecular flexibility index (Phi) is 5.33. The van der Waals surface area contributed by atoms with Gasteiger partial charge in [-0.05, 0) is 40.0 Å². The third-order valence-electron chi connectivity index (χ3n) is 2.14. The van der Waals surface area contributed by atoms with Crippen molar-refractivity contribution >= 4 is 37.8 Å². The molecule has 0 atom stereocenters. The molecular formula is C11H15BrN2O4S. The van der Waals surface area contributed by atoms with Crippen molar-refractivity contribution < 1.29 is 18.3 Å². The second-order valence-corrected chi connectivity index (χ2v) is 6.70. The summed E-state index contributed by atoms with van der Waals surface area (Å²) in [7, 11) is -3.72. The molecule has 6 nitrogen and oxygen atoms in total. The van der Waals surface area contributed by atoms with Crippen molar-refractivity contribution in [3.05, 3.63) is 28.2 Å². The maximum absolute atomic E-state index is 11.7. The van der Waals surface area contributed by atoms with Crippen molar-refractivity contribution in [3.8, 4) is 0 Å². The number of hydrogen-bond donors (Lipinski definition) is 3. The van der Waals surface area contributed by atoms with Crippen molar-refractivity contribution in [2.45, 2.75) is 13.8 Å². The summed E-state index contributed by atoms with van der Waals surface area (Å²) >= 11 is 3.16. The van der Waals surface area contributed by atoms with Gasteiger partial charge in [0.2, 0.25) is 0 Å². The zero-order valence-corrected chi connectivity index (χ0v) is 12.9. The van der Waals surface area contributed by atoms with Crippen molar-refractivity contribution in [1.29, 1.82) is 0 Å². The molecule has 106 valence electrons. The van der Waals surface area contributed by atoms with Crippen LogP contribution in [-0.4, -0.2) is 26.0 Å². The van der Waals surface area contributed by atoms with Gasteiger partial charge in [-0.2, -0.15) is 13.1 Å². The second kappa shape index (κ2) is 6.36. The third kappa shape index (κ3) is 5.17. The van der Waals surface area contributed by atoms with E-state index in [0.29, 0.717) is 11.0 Å². The first-order valence-electron chi connectivity index (χ1n) is 5.51. The highest BCUT2D eigenvalue weighted by Gasteiger charge is 2.14. The van der Waals surface area contributed by atoms with Crippen LogP contribution in [0.2, 0.25) is 0 Å². The summed E-state index contributed by atoms with van der Waals surface area (Å²) in [6.07, 6.45) is 0. The minimum absolute atomic E-state index is 0.00441. The fourth-order valence-electron chi connectivity index (χ4n) is 1.19. The molecule has 1 aromatic rings. The molecule has 0 spiro atoms. The number of carbonyl (C=O) groups is 1. The van der Waals surface area contributed by atoms with Crippen molar-refractivity contribution in [3.63, 3.8) is 0 Å². The molecule has 1 aromatic carbocycles. The van der Waals surface area contributed by atoms with E-state index in [2.05, 4.69) is 25.4 Å². The quantitative estimate of drug-likeness (QED) is 0.731. The molecule has 19 heavy (non-hydrogen) atoms. The van der Waals surface area contributed by atoms with Crippen LogP contribution in [-0.2, 0) is 10.2 Å². The molecule has 3 N–H and O–H groups in total. The summed E-state index contributed by atoms with van der Waals surface area (Å²) in [5.74, 6) is -0.951. The van der Waals surface area contributed by atoms with E-state index >= 15 is 0 Å². The average Bonchev–Trinajstić information content (AvgIpc) is 2.29. The molecule has 0 aliphatic heterocycles. The van der Waals surface area contributed by atoms with Crippen LogP contribution in [0, 0.1) is 5.92 Å². The van der Waals surface area contributed by atoms with Gasteiger partial charge in [-0.15, -0.1) is 0 Å². The van der Waals surface area contributed by atoms with Crippen molar-refractivity contribution in [1.82, 2.24) is 4.72 Å². The predicted molar refractivity (Wildman–Crippen MR) is 76.5 cm³/mol. The monoisotopic (exact) mass is 350 g/mol. The Hall–Kier alpha value is -1.12. The zero-order valence-electron chi connectivity index (χ0n) is 10.5. The van der Waals surface area contributed by atoms with Gasteiger partial charge in [-0.1, -0.05) is 13.8 Å². The molecule has 0 saturated heterocycles. The molecule has 0 aromatic heterocycles. The normalized spacial score (nSPS) is 11.6. The highest BCUT2D eigenvalue weighted by Crippen LogP contribution is 2.24. The van der Waals surface area contributed by atoms with Gasteiger partial charge >= 0.3 is 5.97 Å². The van der Waals surface area contributed by atoms with E-state index in [0.717, 1.165) is 0 Å². The summed E-state index contributed by atoms with van der Waals surface area (Å²) in [6, 6.07) is 4.11. The van der Waals surface area contributed by atoms with Crippen LogP contribution >= 0.6 is 15.9 Å². The number of benzene rings is 1. The topological polar surface area (TPSA) is 95.5 Å². The van der Waals surface area contributed by atoms with Crippen LogP contribution in [0.5, 0.6) is 0 Å². The van der Waals surface area contributed by atoms with E-state index < -0.39 is 16.2 Å². The number of carboxylic acids is 1. The summed E-state index contributed by atoms with van der Waals surface area (Å²) < 4.78 is 28.6. The predicted octanol–water partition coefficient (Wildman–Crippen LogP) is 2.05. The maximum atomic E-state index is 11.7. The smallest absolute Gasteiger partial charge is 0.335 e. The van der Waals surface area contributed by atoms with E-state index in [1.54, 1.807) is 0 Å². The third-order valence-corrected chi connectivity index (χ3v) is 3.87. The molecule has 0 aliphatic carbocycles. The maximum Gasteiger partial charge on any atom is 0.335 e. The van der Waals surface area contributed by atoms with Crippen LogP contribution in [0.1, 0.15) is 24.2 Å². The number of anilines is 1. The molecular weight excluding hydrogens is 336 g/mol. The average molecular weight is 351 g/mol. The zero-order chi connectivity index (χ0) is 14.6. The Morgan fingerprint density at radius 2 is 2.05 bits per heavy atom. The lowest BCUT2D eigenvalue weighted by molar-refractivity contribution is 0.0697. The molecule has 0 fully saturated rings. The van der Waals surface area contributed by atoms with Crippen molar-refractivity contribution in [2.24, 2.45) is 5.92 Å². The molecule has 0 bridgehead atoms. The fraction of sp³-hybridized carbons (Fsp3) is 0.364. The van der Waals surface area contributed by atoms with Crippen LogP contribution < -0.4 is 9.44 Å². The Balaban J connectivity index is 2.92. The minimum Gasteiger partial charge on any atom is -0.478 e. The van der Waals surface area contributed by atoms with Crippen LogP contribution in [0.3, 0.4) is 0 Å². The summed E-state index contributed by atoms with van der Waals surface area (Å²) in [5, 5.41) is 8.87. The standard InChI is InChI=1S/C11H15BrN2O4S/c1-7(2)6-13-19(17,18)14-10-5-8(11(15)16)3-4-9(10)12/h3-5,7,13-14H,6H2,1-2H3,(H,15,16). The van der Waals surface area contributed by atoms with Gasteiger partial charge in [-0.3, -0.25) is 4.72 Å². The number of nitrogens with one attached hydrogen (secondary N) is 2. The Morgan fingerprint density at radius 3 is 2.58 bits per heavy atom. The van der Waals surface area contributed by atoms with Crippen LogP contribution in [0.4, 0.5) is 5.69 Å². The first kappa shape index (κ1) is 15.9. The number of aromatic carboxylic acids is 1. The minimum atomic E-state index is -3.72. The molecule has 0 amide bonds. The van der Waals surface area contributed by atoms with Gasteiger partial charge in [0.05, 0.1) is 11.3 Å². The lowest BCUT2D eigenvalue weighted by Crippen LogP contribution is -2.33. The molecule has 0 radical (unpaired) electrons. The highest BCUT2D eigenvalue weighted by molar-refractivity contribution is 9.10. The fourth-order valence-corrected chi connectivity index (χ4v) is 2.75. The first-order valence-corrected chi connectivity index (χ1v) is 7.79. The van der Waals surface area contributed by atoms with E-state index in [9.17, 15) is 13.2 Å². The molecule has 0 aliphatic rings. The van der Waals surface area contributed by atoms with Gasteiger partial charge in [0.15, 0.2) is 0 Å². The second-order valence-electron chi connectivity index (χ2n) is 4.35. The SMILES string of the molecule is CC(C)CNS(=O)(=O)Nc1cc(C(=O)O)ccc1Br. The molecule has 1 rings (SSSR count). The number of halogens is 1. The van der Waals surface area contributed by atoms with E-state index in [4.69, 9.17) is 5.11 Å². The Labute approximate surface area is 120 Å². The molecule has 0 saturated carbocycles. The summed E-state index contributed by atoms with van der Waals surface area (Å²) in [4.78, 5) is 10.8. The Bertz CT molecular complexity index is 572. The molecule has 0 unspecified atom stereocenters. The lowest BCUT2D eigenvalue weighted by Gasteiger charge is -2.12. The van der Waals surface area contributed by atoms with E-state index in [1.807, 2.05) is 13.8 Å². The largest absolute Gasteiger partial charge is 0.478 e. The molecule has 8 heteroatoms. The number of hydrogen-bond acceptors (Lipinski definition) is 3. The summed E-state index contributed by atoms with van der Waals surface area (Å²) in [6.45, 7) is 4.05.